The third kappa shape index (κ3) is 2.51. The van der Waals surface area contributed by atoms with Gasteiger partial charge in [0, 0.05) is 11.8 Å². The van der Waals surface area contributed by atoms with Crippen molar-refractivity contribution in [3.8, 4) is 11.1 Å². The van der Waals surface area contributed by atoms with E-state index in [1.54, 1.807) is 0 Å². The van der Waals surface area contributed by atoms with Crippen LogP contribution >= 0.6 is 34.8 Å². The molecule has 17 heavy (non-hydrogen) atoms. The highest BCUT2D eigenvalue weighted by molar-refractivity contribution is 6.48. The lowest BCUT2D eigenvalue weighted by Gasteiger charge is -2.05. The normalized spacial score (nSPS) is 10.6. The molecule has 2 rings (SSSR count). The second-order valence-corrected chi connectivity index (χ2v) is 4.44. The smallest absolute Gasteiger partial charge is 0.225 e. The van der Waals surface area contributed by atoms with Crippen molar-refractivity contribution in [1.82, 2.24) is 4.98 Å². The molecule has 0 bridgehead atoms. The topological polar surface area (TPSA) is 12.9 Å². The highest BCUT2D eigenvalue weighted by Crippen LogP contribution is 2.35. The summed E-state index contributed by atoms with van der Waals surface area (Å²) in [5.74, 6) is -2.19. The molecular weight excluding hydrogens is 290 g/mol. The summed E-state index contributed by atoms with van der Waals surface area (Å²) in [5.41, 5.74) is 0.875. The third-order valence-corrected chi connectivity index (χ3v) is 3.31. The minimum absolute atomic E-state index is 0.215. The molecule has 0 unspecified atom stereocenters. The number of rotatable bonds is 1. The van der Waals surface area contributed by atoms with Gasteiger partial charge in [-0.1, -0.05) is 34.8 Å². The summed E-state index contributed by atoms with van der Waals surface area (Å²) in [4.78, 5) is 3.28. The van der Waals surface area contributed by atoms with Gasteiger partial charge in [-0.15, -0.1) is 0 Å². The van der Waals surface area contributed by atoms with E-state index in [1.807, 2.05) is 0 Å². The first kappa shape index (κ1) is 12.6. The maximum atomic E-state index is 13.0. The number of halogens is 5. The summed E-state index contributed by atoms with van der Waals surface area (Å²) in [6, 6.07) is 4.02. The molecule has 0 amide bonds. The fourth-order valence-corrected chi connectivity index (χ4v) is 1.90. The van der Waals surface area contributed by atoms with Crippen molar-refractivity contribution in [3.05, 3.63) is 51.2 Å². The largest absolute Gasteiger partial charge is 0.248 e. The van der Waals surface area contributed by atoms with Crippen LogP contribution in [-0.2, 0) is 0 Å². The first-order chi connectivity index (χ1) is 7.99. The van der Waals surface area contributed by atoms with Gasteiger partial charge in [-0.25, -0.2) is 9.37 Å². The van der Waals surface area contributed by atoms with Crippen LogP contribution in [-0.4, -0.2) is 4.98 Å². The van der Waals surface area contributed by atoms with Gasteiger partial charge in [-0.05, 0) is 23.8 Å². The van der Waals surface area contributed by atoms with Crippen molar-refractivity contribution in [3.63, 3.8) is 0 Å². The van der Waals surface area contributed by atoms with E-state index in [1.165, 1.54) is 18.3 Å². The van der Waals surface area contributed by atoms with Gasteiger partial charge in [0.2, 0.25) is 5.95 Å². The van der Waals surface area contributed by atoms with Crippen LogP contribution in [0.2, 0.25) is 15.1 Å². The summed E-state index contributed by atoms with van der Waals surface area (Å²) in [6.45, 7) is 0. The van der Waals surface area contributed by atoms with Crippen LogP contribution in [0, 0.1) is 11.8 Å². The molecule has 2 aromatic rings. The maximum Gasteiger partial charge on any atom is 0.248 e. The molecule has 0 aliphatic carbocycles. The second kappa shape index (κ2) is 4.77. The molecule has 6 heteroatoms. The molecule has 1 aromatic carbocycles. The maximum absolute atomic E-state index is 13.0. The molecule has 0 aliphatic rings. The van der Waals surface area contributed by atoms with Crippen molar-refractivity contribution in [2.75, 3.05) is 0 Å². The molecule has 1 aromatic heterocycles. The van der Waals surface area contributed by atoms with Gasteiger partial charge in [-0.3, -0.25) is 0 Å². The Bertz CT molecular complexity index is 564. The molecule has 0 saturated heterocycles. The standard InChI is InChI=1S/C11H4Cl3F2N/c12-7-1-5(2-8(13)10(7)14)6-3-9(15)11(16)17-4-6/h1-4H. The van der Waals surface area contributed by atoms with E-state index < -0.39 is 11.8 Å². The van der Waals surface area contributed by atoms with Crippen molar-refractivity contribution < 1.29 is 8.78 Å². The lowest BCUT2D eigenvalue weighted by molar-refractivity contribution is 0.480. The van der Waals surface area contributed by atoms with Crippen LogP contribution in [0.3, 0.4) is 0 Å². The lowest BCUT2D eigenvalue weighted by atomic mass is 10.1. The van der Waals surface area contributed by atoms with E-state index >= 15 is 0 Å². The number of aromatic nitrogens is 1. The third-order valence-electron chi connectivity index (χ3n) is 2.11. The van der Waals surface area contributed by atoms with Crippen LogP contribution < -0.4 is 0 Å². The van der Waals surface area contributed by atoms with E-state index in [-0.39, 0.29) is 15.1 Å². The van der Waals surface area contributed by atoms with Gasteiger partial charge in [0.1, 0.15) is 0 Å². The summed E-state index contributed by atoms with van der Waals surface area (Å²) in [6.07, 6.45) is 1.19. The zero-order valence-corrected chi connectivity index (χ0v) is 10.4. The van der Waals surface area contributed by atoms with Crippen LogP contribution in [0.25, 0.3) is 11.1 Å². The minimum atomic E-state index is -1.15. The molecule has 0 fully saturated rings. The Labute approximate surface area is 111 Å². The summed E-state index contributed by atoms with van der Waals surface area (Å²) >= 11 is 17.5. The van der Waals surface area contributed by atoms with Crippen molar-refractivity contribution in [1.29, 1.82) is 0 Å². The van der Waals surface area contributed by atoms with Gasteiger partial charge in [0.15, 0.2) is 5.82 Å². The number of hydrogen-bond donors (Lipinski definition) is 0. The second-order valence-electron chi connectivity index (χ2n) is 3.25. The van der Waals surface area contributed by atoms with E-state index in [0.717, 1.165) is 6.07 Å². The Morgan fingerprint density at radius 1 is 0.882 bits per heavy atom. The predicted molar refractivity (Wildman–Crippen MR) is 64.6 cm³/mol. The number of hydrogen-bond acceptors (Lipinski definition) is 1. The Hall–Kier alpha value is -0.900. The van der Waals surface area contributed by atoms with Crippen LogP contribution in [0.4, 0.5) is 8.78 Å². The zero-order valence-electron chi connectivity index (χ0n) is 8.15. The summed E-state index contributed by atoms with van der Waals surface area (Å²) in [5, 5.41) is 0.686. The summed E-state index contributed by atoms with van der Waals surface area (Å²) < 4.78 is 25.7. The Kier molecular flexibility index (Phi) is 3.52. The van der Waals surface area contributed by atoms with E-state index in [9.17, 15) is 8.78 Å². The van der Waals surface area contributed by atoms with Gasteiger partial charge in [0.05, 0.1) is 15.1 Å². The Balaban J connectivity index is 2.57. The van der Waals surface area contributed by atoms with E-state index in [0.29, 0.717) is 11.1 Å². The molecule has 0 N–H and O–H groups in total. The highest BCUT2D eigenvalue weighted by Gasteiger charge is 2.10. The average molecular weight is 295 g/mol. The van der Waals surface area contributed by atoms with E-state index in [2.05, 4.69) is 4.98 Å². The Morgan fingerprint density at radius 3 is 2.00 bits per heavy atom. The number of benzene rings is 1. The van der Waals surface area contributed by atoms with Crippen LogP contribution in [0.15, 0.2) is 24.4 Å². The fraction of sp³-hybridized carbons (Fsp3) is 0. The number of pyridine rings is 1. The van der Waals surface area contributed by atoms with Gasteiger partial charge in [0.25, 0.3) is 0 Å². The number of nitrogens with zero attached hydrogens (tertiary/aromatic N) is 1. The molecule has 1 heterocycles. The van der Waals surface area contributed by atoms with Crippen LogP contribution in [0.5, 0.6) is 0 Å². The highest BCUT2D eigenvalue weighted by atomic mass is 35.5. The first-order valence-electron chi connectivity index (χ1n) is 4.45. The van der Waals surface area contributed by atoms with Gasteiger partial charge < -0.3 is 0 Å². The van der Waals surface area contributed by atoms with E-state index in [4.69, 9.17) is 34.8 Å². The van der Waals surface area contributed by atoms with Crippen LogP contribution in [0.1, 0.15) is 0 Å². The Morgan fingerprint density at radius 2 is 1.47 bits per heavy atom. The fourth-order valence-electron chi connectivity index (χ4n) is 1.30. The quantitative estimate of drug-likeness (QED) is 0.533. The molecule has 0 radical (unpaired) electrons. The monoisotopic (exact) mass is 293 g/mol. The predicted octanol–water partition coefficient (Wildman–Crippen LogP) is 4.99. The van der Waals surface area contributed by atoms with Gasteiger partial charge in [-0.2, -0.15) is 4.39 Å². The van der Waals surface area contributed by atoms with Crippen molar-refractivity contribution in [2.45, 2.75) is 0 Å². The molecule has 0 aliphatic heterocycles. The minimum Gasteiger partial charge on any atom is -0.225 e. The SMILES string of the molecule is Fc1cc(-c2cc(Cl)c(Cl)c(Cl)c2)cnc1F. The molecule has 88 valence electrons. The molecule has 0 atom stereocenters. The molecule has 0 spiro atoms. The molecule has 0 saturated carbocycles. The zero-order chi connectivity index (χ0) is 12.6. The first-order valence-corrected chi connectivity index (χ1v) is 5.58. The average Bonchev–Trinajstić information content (AvgIpc) is 2.29. The lowest BCUT2D eigenvalue weighted by Crippen LogP contribution is -1.90. The van der Waals surface area contributed by atoms with Crippen molar-refractivity contribution in [2.24, 2.45) is 0 Å². The van der Waals surface area contributed by atoms with Crippen molar-refractivity contribution >= 4 is 34.8 Å². The van der Waals surface area contributed by atoms with Gasteiger partial charge >= 0.3 is 0 Å². The molecule has 1 nitrogen and oxygen atoms in total. The molecular formula is C11H4Cl3F2N. The summed E-state index contributed by atoms with van der Waals surface area (Å²) in [7, 11) is 0.